The van der Waals surface area contributed by atoms with E-state index in [1.165, 1.54) is 0 Å². The molecule has 2 N–H and O–H groups in total. The number of hydrogen-bond acceptors (Lipinski definition) is 2. The van der Waals surface area contributed by atoms with Gasteiger partial charge in [-0.15, -0.1) is 0 Å². The zero-order valence-electron chi connectivity index (χ0n) is 7.15. The van der Waals surface area contributed by atoms with E-state index in [0.29, 0.717) is 0 Å². The van der Waals surface area contributed by atoms with Gasteiger partial charge in [-0.2, -0.15) is 13.2 Å². The lowest BCUT2D eigenvalue weighted by Crippen LogP contribution is -2.26. The zero-order chi connectivity index (χ0) is 11.8. The molecular weight excluding hydrogens is 279 g/mol. The van der Waals surface area contributed by atoms with E-state index in [1.54, 1.807) is 0 Å². The highest BCUT2D eigenvalue weighted by Gasteiger charge is 2.42. The van der Waals surface area contributed by atoms with E-state index in [2.05, 4.69) is 27.8 Å². The van der Waals surface area contributed by atoms with Crippen LogP contribution >= 0.6 is 15.9 Å². The molecule has 3 nitrogen and oxygen atoms in total. The minimum atomic E-state index is -4.74. The smallest absolute Gasteiger partial charge is 0.418 e. The lowest BCUT2D eigenvalue weighted by molar-refractivity contribution is -0.133. The van der Waals surface area contributed by atoms with Gasteiger partial charge in [-0.05, 0) is 15.9 Å². The third-order valence-corrected chi connectivity index (χ3v) is 2.29. The molecule has 1 heterocycles. The van der Waals surface area contributed by atoms with Gasteiger partial charge < -0.3 is 10.4 Å². The summed E-state index contributed by atoms with van der Waals surface area (Å²) >= 11 is 2.64. The predicted octanol–water partition coefficient (Wildman–Crippen LogP) is 2.28. The summed E-state index contributed by atoms with van der Waals surface area (Å²) in [5.41, 5.74) is -2.41. The molecule has 1 aliphatic rings. The van der Waals surface area contributed by atoms with E-state index in [1.807, 2.05) is 0 Å². The standard InChI is InChI=1S/C8H5BrF3NO2/c1-3-5(7(14)15)6(8(10,11)12)4(9)2-13-3/h2,13H,1H2,(H,14,15). The van der Waals surface area contributed by atoms with Crippen LogP contribution in [0.25, 0.3) is 0 Å². The van der Waals surface area contributed by atoms with Gasteiger partial charge in [-0.1, -0.05) is 6.58 Å². The molecule has 0 aromatic carbocycles. The van der Waals surface area contributed by atoms with Crippen molar-refractivity contribution in [2.24, 2.45) is 0 Å². The fourth-order valence-corrected chi connectivity index (χ4v) is 1.62. The Balaban J connectivity index is 3.45. The molecule has 0 fully saturated rings. The first-order valence-corrected chi connectivity index (χ1v) is 4.41. The maximum absolute atomic E-state index is 12.5. The van der Waals surface area contributed by atoms with Gasteiger partial charge in [0.1, 0.15) is 0 Å². The van der Waals surface area contributed by atoms with Crippen molar-refractivity contribution >= 4 is 21.9 Å². The van der Waals surface area contributed by atoms with Crippen LogP contribution in [0.5, 0.6) is 0 Å². The molecule has 0 saturated carbocycles. The number of carboxylic acids is 1. The molecule has 0 saturated heterocycles. The Bertz CT molecular complexity index is 395. The van der Waals surface area contributed by atoms with Gasteiger partial charge >= 0.3 is 12.1 Å². The first-order chi connectivity index (χ1) is 6.75. The summed E-state index contributed by atoms with van der Waals surface area (Å²) < 4.78 is 37.2. The molecule has 0 bridgehead atoms. The predicted molar refractivity (Wildman–Crippen MR) is 50.0 cm³/mol. The second-order valence-electron chi connectivity index (χ2n) is 2.67. The van der Waals surface area contributed by atoms with Crippen LogP contribution in [0.2, 0.25) is 0 Å². The number of carbonyl (C=O) groups is 1. The molecule has 82 valence electrons. The number of allylic oxidation sites excluding steroid dienone is 2. The maximum atomic E-state index is 12.5. The van der Waals surface area contributed by atoms with E-state index < -0.39 is 23.3 Å². The Hall–Kier alpha value is -1.24. The van der Waals surface area contributed by atoms with E-state index >= 15 is 0 Å². The SMILES string of the molecule is C=C1NC=C(Br)C(C(F)(F)F)=C1C(=O)O. The van der Waals surface area contributed by atoms with Crippen LogP contribution in [-0.4, -0.2) is 17.3 Å². The van der Waals surface area contributed by atoms with Gasteiger partial charge in [0, 0.05) is 16.4 Å². The Morgan fingerprint density at radius 1 is 1.53 bits per heavy atom. The first kappa shape index (κ1) is 11.8. The second-order valence-corrected chi connectivity index (χ2v) is 3.52. The summed E-state index contributed by atoms with van der Waals surface area (Å²) in [5.74, 6) is -1.68. The van der Waals surface area contributed by atoms with E-state index in [4.69, 9.17) is 5.11 Å². The fourth-order valence-electron chi connectivity index (χ4n) is 1.08. The summed E-state index contributed by atoms with van der Waals surface area (Å²) in [6.45, 7) is 3.20. The average Bonchev–Trinajstić information content (AvgIpc) is 2.05. The second kappa shape index (κ2) is 3.73. The van der Waals surface area contributed by atoms with Crippen molar-refractivity contribution in [3.63, 3.8) is 0 Å². The molecule has 0 amide bonds. The van der Waals surface area contributed by atoms with Gasteiger partial charge in [0.2, 0.25) is 0 Å². The van der Waals surface area contributed by atoms with Crippen LogP contribution in [0.15, 0.2) is 34.1 Å². The van der Waals surface area contributed by atoms with Crippen molar-refractivity contribution in [2.75, 3.05) is 0 Å². The number of hydrogen-bond donors (Lipinski definition) is 2. The van der Waals surface area contributed by atoms with Crippen LogP contribution in [0.4, 0.5) is 13.2 Å². The normalized spacial score (nSPS) is 17.3. The van der Waals surface area contributed by atoms with Crippen LogP contribution < -0.4 is 5.32 Å². The van der Waals surface area contributed by atoms with Crippen molar-refractivity contribution in [3.8, 4) is 0 Å². The molecule has 0 aromatic heterocycles. The maximum Gasteiger partial charge on any atom is 0.418 e. The lowest BCUT2D eigenvalue weighted by atomic mass is 10.0. The molecule has 7 heteroatoms. The fraction of sp³-hybridized carbons (Fsp3) is 0.125. The molecule has 1 rings (SSSR count). The number of carboxylic acid groups (broad SMARTS) is 1. The molecule has 0 radical (unpaired) electrons. The summed E-state index contributed by atoms with van der Waals surface area (Å²) in [7, 11) is 0. The van der Waals surface area contributed by atoms with Gasteiger partial charge in [-0.3, -0.25) is 0 Å². The average molecular weight is 284 g/mol. The highest BCUT2D eigenvalue weighted by atomic mass is 79.9. The van der Waals surface area contributed by atoms with Gasteiger partial charge in [-0.25, -0.2) is 4.79 Å². The van der Waals surface area contributed by atoms with E-state index in [0.717, 1.165) is 6.20 Å². The number of rotatable bonds is 1. The van der Waals surface area contributed by atoms with Crippen molar-refractivity contribution in [1.29, 1.82) is 0 Å². The molecule has 0 spiro atoms. The topological polar surface area (TPSA) is 49.3 Å². The monoisotopic (exact) mass is 283 g/mol. The van der Waals surface area contributed by atoms with Crippen LogP contribution in [0, 0.1) is 0 Å². The number of nitrogens with one attached hydrogen (secondary N) is 1. The first-order valence-electron chi connectivity index (χ1n) is 3.61. The zero-order valence-corrected chi connectivity index (χ0v) is 8.74. The van der Waals surface area contributed by atoms with Crippen molar-refractivity contribution in [1.82, 2.24) is 5.32 Å². The van der Waals surface area contributed by atoms with Crippen molar-refractivity contribution in [2.45, 2.75) is 6.18 Å². The quantitative estimate of drug-likeness (QED) is 0.776. The molecule has 0 aliphatic carbocycles. The highest BCUT2D eigenvalue weighted by molar-refractivity contribution is 9.12. The summed E-state index contributed by atoms with van der Waals surface area (Å²) in [5, 5.41) is 11.0. The molecule has 0 atom stereocenters. The molecular formula is C8H5BrF3NO2. The Morgan fingerprint density at radius 2 is 2.07 bits per heavy atom. The number of aliphatic carboxylic acids is 1. The third kappa shape index (κ3) is 2.23. The minimum absolute atomic E-state index is 0.293. The number of alkyl halides is 3. The van der Waals surface area contributed by atoms with Gasteiger partial charge in [0.25, 0.3) is 0 Å². The lowest BCUT2D eigenvalue weighted by Gasteiger charge is -2.20. The molecule has 0 unspecified atom stereocenters. The Morgan fingerprint density at radius 3 is 2.40 bits per heavy atom. The molecule has 15 heavy (non-hydrogen) atoms. The largest absolute Gasteiger partial charge is 0.478 e. The van der Waals surface area contributed by atoms with Crippen LogP contribution in [0.1, 0.15) is 0 Å². The van der Waals surface area contributed by atoms with Crippen molar-refractivity contribution < 1.29 is 23.1 Å². The van der Waals surface area contributed by atoms with Crippen molar-refractivity contribution in [3.05, 3.63) is 34.1 Å². The van der Waals surface area contributed by atoms with Crippen LogP contribution in [-0.2, 0) is 4.79 Å². The van der Waals surface area contributed by atoms with Crippen LogP contribution in [0.3, 0.4) is 0 Å². The number of dihydropyridines is 1. The Kier molecular flexibility index (Phi) is 2.94. The minimum Gasteiger partial charge on any atom is -0.478 e. The summed E-state index contributed by atoms with van der Waals surface area (Å²) in [6, 6.07) is 0. The third-order valence-electron chi connectivity index (χ3n) is 1.66. The highest BCUT2D eigenvalue weighted by Crippen LogP contribution is 2.39. The number of halogens is 4. The van der Waals surface area contributed by atoms with E-state index in [-0.39, 0.29) is 10.2 Å². The molecule has 1 aliphatic heterocycles. The summed E-state index contributed by atoms with van der Waals surface area (Å²) in [4.78, 5) is 10.7. The summed E-state index contributed by atoms with van der Waals surface area (Å²) in [6.07, 6.45) is -3.74. The van der Waals surface area contributed by atoms with Gasteiger partial charge in [0.15, 0.2) is 0 Å². The van der Waals surface area contributed by atoms with Gasteiger partial charge in [0.05, 0.1) is 11.1 Å². The Labute approximate surface area is 91.1 Å². The molecule has 0 aromatic rings. The van der Waals surface area contributed by atoms with E-state index in [9.17, 15) is 18.0 Å².